The van der Waals surface area contributed by atoms with Crippen LogP contribution in [0.3, 0.4) is 0 Å². The first-order valence-corrected chi connectivity index (χ1v) is 6.88. The lowest BCUT2D eigenvalue weighted by Crippen LogP contribution is -2.35. The molecular formula is C17H19NO3. The van der Waals surface area contributed by atoms with Crippen molar-refractivity contribution < 1.29 is 14.6 Å². The highest BCUT2D eigenvalue weighted by Gasteiger charge is 2.13. The monoisotopic (exact) mass is 285 g/mol. The molecule has 0 aromatic heterocycles. The van der Waals surface area contributed by atoms with Gasteiger partial charge in [-0.1, -0.05) is 36.4 Å². The number of ether oxygens (including phenoxy) is 1. The number of carbonyl (C=O) groups is 1. The third-order valence-corrected chi connectivity index (χ3v) is 3.05. The van der Waals surface area contributed by atoms with E-state index in [2.05, 4.69) is 5.32 Å². The Bertz CT molecular complexity index is 584. The topological polar surface area (TPSA) is 58.6 Å². The molecular weight excluding hydrogens is 266 g/mol. The molecule has 4 heteroatoms. The molecule has 2 aromatic rings. The Balaban J connectivity index is 2.08. The van der Waals surface area contributed by atoms with Gasteiger partial charge in [0.25, 0.3) is 5.91 Å². The fourth-order valence-electron chi connectivity index (χ4n) is 1.89. The third kappa shape index (κ3) is 4.33. The average molecular weight is 285 g/mol. The van der Waals surface area contributed by atoms with E-state index >= 15 is 0 Å². The zero-order valence-corrected chi connectivity index (χ0v) is 12.0. The van der Waals surface area contributed by atoms with Gasteiger partial charge in [0, 0.05) is 17.2 Å². The summed E-state index contributed by atoms with van der Waals surface area (Å²) < 4.78 is 5.68. The van der Waals surface area contributed by atoms with Gasteiger partial charge in [-0.25, -0.2) is 0 Å². The Labute approximate surface area is 124 Å². The smallest absolute Gasteiger partial charge is 0.251 e. The Kier molecular flexibility index (Phi) is 5.35. The lowest BCUT2D eigenvalue weighted by atomic mass is 10.1. The second-order valence-electron chi connectivity index (χ2n) is 4.82. The maximum atomic E-state index is 12.2. The van der Waals surface area contributed by atoms with E-state index in [4.69, 9.17) is 9.84 Å². The molecule has 0 saturated heterocycles. The van der Waals surface area contributed by atoms with Crippen molar-refractivity contribution in [1.82, 2.24) is 5.32 Å². The number of para-hydroxylation sites is 1. The van der Waals surface area contributed by atoms with Crippen molar-refractivity contribution in [2.75, 3.05) is 6.61 Å². The maximum Gasteiger partial charge on any atom is 0.251 e. The summed E-state index contributed by atoms with van der Waals surface area (Å²) in [5.41, 5.74) is 1.37. The van der Waals surface area contributed by atoms with Gasteiger partial charge in [0.1, 0.15) is 12.4 Å². The van der Waals surface area contributed by atoms with Gasteiger partial charge in [-0.3, -0.25) is 4.79 Å². The summed E-state index contributed by atoms with van der Waals surface area (Å²) in [6.07, 6.45) is 0. The van der Waals surface area contributed by atoms with Crippen LogP contribution in [0, 0.1) is 0 Å². The molecule has 0 fully saturated rings. The molecule has 0 spiro atoms. The van der Waals surface area contributed by atoms with Crippen LogP contribution >= 0.6 is 0 Å². The van der Waals surface area contributed by atoms with E-state index in [0.29, 0.717) is 12.2 Å². The lowest BCUT2D eigenvalue weighted by Gasteiger charge is -2.14. The Morgan fingerprint density at radius 1 is 1.14 bits per heavy atom. The van der Waals surface area contributed by atoms with Gasteiger partial charge in [0.05, 0.1) is 6.61 Å². The third-order valence-electron chi connectivity index (χ3n) is 3.05. The quantitative estimate of drug-likeness (QED) is 0.856. The molecule has 4 nitrogen and oxygen atoms in total. The molecule has 0 heterocycles. The summed E-state index contributed by atoms with van der Waals surface area (Å²) in [6.45, 7) is 1.98. The summed E-state index contributed by atoms with van der Waals surface area (Å²) in [6, 6.07) is 16.5. The van der Waals surface area contributed by atoms with Crippen LogP contribution in [0.4, 0.5) is 0 Å². The summed E-state index contributed by atoms with van der Waals surface area (Å²) in [7, 11) is 0. The second kappa shape index (κ2) is 7.45. The maximum absolute atomic E-state index is 12.2. The van der Waals surface area contributed by atoms with Gasteiger partial charge >= 0.3 is 0 Å². The number of carbonyl (C=O) groups excluding carboxylic acids is 1. The van der Waals surface area contributed by atoms with Crippen molar-refractivity contribution in [1.29, 1.82) is 0 Å². The van der Waals surface area contributed by atoms with Gasteiger partial charge in [-0.2, -0.15) is 0 Å². The molecule has 2 rings (SSSR count). The highest BCUT2D eigenvalue weighted by molar-refractivity contribution is 5.95. The van der Waals surface area contributed by atoms with Crippen LogP contribution in [0.2, 0.25) is 0 Å². The average Bonchev–Trinajstić information content (AvgIpc) is 2.54. The highest BCUT2D eigenvalue weighted by atomic mass is 16.5. The molecule has 110 valence electrons. The minimum atomic E-state index is -0.277. The normalized spacial score (nSPS) is 11.7. The van der Waals surface area contributed by atoms with Crippen LogP contribution in [-0.2, 0) is 6.61 Å². The molecule has 0 radical (unpaired) electrons. The predicted molar refractivity (Wildman–Crippen MR) is 81.2 cm³/mol. The van der Waals surface area contributed by atoms with E-state index in [9.17, 15) is 4.79 Å². The molecule has 1 atom stereocenters. The minimum Gasteiger partial charge on any atom is -0.489 e. The van der Waals surface area contributed by atoms with E-state index in [1.54, 1.807) is 13.0 Å². The van der Waals surface area contributed by atoms with Crippen molar-refractivity contribution >= 4 is 5.91 Å². The van der Waals surface area contributed by atoms with E-state index in [1.807, 2.05) is 48.5 Å². The van der Waals surface area contributed by atoms with E-state index in [0.717, 1.165) is 11.3 Å². The number of rotatable bonds is 6. The van der Waals surface area contributed by atoms with Gasteiger partial charge in [0.2, 0.25) is 0 Å². The number of aliphatic hydroxyl groups excluding tert-OH is 1. The molecule has 1 unspecified atom stereocenters. The zero-order chi connectivity index (χ0) is 15.1. The number of amides is 1. The van der Waals surface area contributed by atoms with E-state index in [-0.39, 0.29) is 18.6 Å². The van der Waals surface area contributed by atoms with Crippen molar-refractivity contribution in [2.45, 2.75) is 19.6 Å². The molecule has 2 N–H and O–H groups in total. The van der Waals surface area contributed by atoms with Crippen molar-refractivity contribution in [2.24, 2.45) is 0 Å². The zero-order valence-electron chi connectivity index (χ0n) is 12.0. The lowest BCUT2D eigenvalue weighted by molar-refractivity contribution is 0.0920. The number of benzene rings is 2. The fraction of sp³-hybridized carbons (Fsp3) is 0.235. The number of nitrogens with one attached hydrogen (secondary N) is 1. The van der Waals surface area contributed by atoms with Crippen LogP contribution in [0.5, 0.6) is 5.75 Å². The van der Waals surface area contributed by atoms with Crippen molar-refractivity contribution in [3.63, 3.8) is 0 Å². The van der Waals surface area contributed by atoms with Gasteiger partial charge in [-0.05, 0) is 25.1 Å². The first-order valence-electron chi connectivity index (χ1n) is 6.88. The number of hydrogen-bond donors (Lipinski definition) is 2. The first kappa shape index (κ1) is 15.1. The van der Waals surface area contributed by atoms with E-state index < -0.39 is 0 Å². The van der Waals surface area contributed by atoms with Crippen LogP contribution in [0.15, 0.2) is 54.6 Å². The number of hydrogen-bond acceptors (Lipinski definition) is 3. The number of aliphatic hydroxyl groups is 1. The van der Waals surface area contributed by atoms with E-state index in [1.165, 1.54) is 0 Å². The Hall–Kier alpha value is -2.33. The molecule has 1 amide bonds. The van der Waals surface area contributed by atoms with Gasteiger partial charge < -0.3 is 15.2 Å². The largest absolute Gasteiger partial charge is 0.489 e. The summed E-state index contributed by atoms with van der Waals surface area (Å²) in [5, 5.41) is 11.8. The van der Waals surface area contributed by atoms with Gasteiger partial charge in [-0.15, -0.1) is 0 Å². The van der Waals surface area contributed by atoms with Crippen LogP contribution in [0.25, 0.3) is 0 Å². The highest BCUT2D eigenvalue weighted by Crippen LogP contribution is 2.14. The van der Waals surface area contributed by atoms with Crippen LogP contribution in [-0.4, -0.2) is 23.7 Å². The Morgan fingerprint density at radius 2 is 1.81 bits per heavy atom. The molecule has 0 bridgehead atoms. The standard InChI is InChI=1S/C17H19NO3/c1-13(11-19)18-17(20)16-10-6-5-7-14(16)12-21-15-8-3-2-4-9-15/h2-10,13,19H,11-12H2,1H3,(H,18,20). The molecule has 0 aliphatic heterocycles. The van der Waals surface area contributed by atoms with Gasteiger partial charge in [0.15, 0.2) is 0 Å². The minimum absolute atomic E-state index is 0.0889. The van der Waals surface area contributed by atoms with Crippen molar-refractivity contribution in [3.8, 4) is 5.75 Å². The summed E-state index contributed by atoms with van der Waals surface area (Å²) >= 11 is 0. The molecule has 21 heavy (non-hydrogen) atoms. The molecule has 0 aliphatic rings. The summed E-state index contributed by atoms with van der Waals surface area (Å²) in [5.74, 6) is 0.556. The van der Waals surface area contributed by atoms with Crippen molar-refractivity contribution in [3.05, 3.63) is 65.7 Å². The van der Waals surface area contributed by atoms with Crippen LogP contribution in [0.1, 0.15) is 22.8 Å². The molecule has 0 aliphatic carbocycles. The predicted octanol–water partition coefficient (Wildman–Crippen LogP) is 2.38. The molecule has 0 saturated carbocycles. The SMILES string of the molecule is CC(CO)NC(=O)c1ccccc1COc1ccccc1. The second-order valence-corrected chi connectivity index (χ2v) is 4.82. The Morgan fingerprint density at radius 3 is 2.52 bits per heavy atom. The summed E-state index contributed by atoms with van der Waals surface area (Å²) in [4.78, 5) is 12.2. The fourth-order valence-corrected chi connectivity index (χ4v) is 1.89. The van der Waals surface area contributed by atoms with Crippen LogP contribution < -0.4 is 10.1 Å². The molecule has 2 aromatic carbocycles. The first-order chi connectivity index (χ1) is 10.2.